The first kappa shape index (κ1) is 17.8. The van der Waals surface area contributed by atoms with Crippen molar-refractivity contribution in [3.8, 4) is 0 Å². The summed E-state index contributed by atoms with van der Waals surface area (Å²) in [7, 11) is 0. The van der Waals surface area contributed by atoms with E-state index in [9.17, 15) is 13.6 Å². The molecule has 0 aliphatic carbocycles. The predicted octanol–water partition coefficient (Wildman–Crippen LogP) is 2.55. The van der Waals surface area contributed by atoms with E-state index in [0.29, 0.717) is 25.3 Å². The number of amides is 1. The van der Waals surface area contributed by atoms with Gasteiger partial charge in [0.05, 0.1) is 19.3 Å². The van der Waals surface area contributed by atoms with Gasteiger partial charge >= 0.3 is 0 Å². The Morgan fingerprint density at radius 1 is 1.43 bits per heavy atom. The van der Waals surface area contributed by atoms with Crippen molar-refractivity contribution in [3.63, 3.8) is 0 Å². The van der Waals surface area contributed by atoms with Crippen LogP contribution in [0.2, 0.25) is 0 Å². The second kappa shape index (κ2) is 7.36. The third-order valence-corrected chi connectivity index (χ3v) is 3.88. The molecule has 1 fully saturated rings. The Hall–Kier alpha value is -1.53. The molecule has 0 saturated carbocycles. The van der Waals surface area contributed by atoms with Crippen LogP contribution in [0.1, 0.15) is 38.8 Å². The van der Waals surface area contributed by atoms with Gasteiger partial charge in [0.25, 0.3) is 0 Å². The van der Waals surface area contributed by atoms with Gasteiger partial charge in [0.15, 0.2) is 0 Å². The molecule has 2 rings (SSSR count). The first-order chi connectivity index (χ1) is 10.8. The monoisotopic (exact) mass is 326 g/mol. The average Bonchev–Trinajstić information content (AvgIpc) is 2.45. The predicted molar refractivity (Wildman–Crippen MR) is 83.9 cm³/mol. The zero-order chi connectivity index (χ0) is 17.0. The smallest absolute Gasteiger partial charge is 0.222 e. The molecule has 0 aromatic heterocycles. The van der Waals surface area contributed by atoms with Gasteiger partial charge in [-0.25, -0.2) is 8.78 Å². The van der Waals surface area contributed by atoms with E-state index in [1.165, 1.54) is 12.1 Å². The van der Waals surface area contributed by atoms with Gasteiger partial charge in [-0.3, -0.25) is 4.79 Å². The standard InChI is InChI=1S/C17H24F2N2O2/c1-17(2,3)16(13-5-4-11(18)8-14(13)19)21-15(22)9-12-10-23-7-6-20-12/h4-5,8,12,16,20H,6-7,9-10H2,1-3H3,(H,21,22). The molecule has 1 aromatic rings. The number of halogens is 2. The highest BCUT2D eigenvalue weighted by molar-refractivity contribution is 5.77. The van der Waals surface area contributed by atoms with Crippen molar-refractivity contribution in [2.24, 2.45) is 5.41 Å². The summed E-state index contributed by atoms with van der Waals surface area (Å²) in [4.78, 5) is 12.3. The molecule has 2 N–H and O–H groups in total. The average molecular weight is 326 g/mol. The Morgan fingerprint density at radius 2 is 2.17 bits per heavy atom. The number of carbonyl (C=O) groups excluding carboxylic acids is 1. The third kappa shape index (κ3) is 4.97. The fourth-order valence-electron chi connectivity index (χ4n) is 2.69. The van der Waals surface area contributed by atoms with Crippen LogP contribution in [-0.4, -0.2) is 31.7 Å². The number of ether oxygens (including phenoxy) is 1. The zero-order valence-corrected chi connectivity index (χ0v) is 13.8. The molecule has 4 nitrogen and oxygen atoms in total. The van der Waals surface area contributed by atoms with Crippen LogP contribution in [0.5, 0.6) is 0 Å². The third-order valence-electron chi connectivity index (χ3n) is 3.88. The molecule has 23 heavy (non-hydrogen) atoms. The minimum atomic E-state index is -0.649. The Labute approximate surface area is 135 Å². The van der Waals surface area contributed by atoms with Gasteiger partial charge < -0.3 is 15.4 Å². The molecule has 128 valence electrons. The van der Waals surface area contributed by atoms with Gasteiger partial charge in [-0.05, 0) is 11.5 Å². The molecule has 1 aliphatic heterocycles. The number of rotatable bonds is 4. The van der Waals surface area contributed by atoms with E-state index >= 15 is 0 Å². The molecule has 1 aromatic carbocycles. The van der Waals surface area contributed by atoms with Crippen molar-refractivity contribution in [1.29, 1.82) is 0 Å². The van der Waals surface area contributed by atoms with E-state index in [-0.39, 0.29) is 18.4 Å². The Kier molecular flexibility index (Phi) is 5.70. The number of carbonyl (C=O) groups is 1. The summed E-state index contributed by atoms with van der Waals surface area (Å²) in [5.41, 5.74) is -0.120. The van der Waals surface area contributed by atoms with E-state index < -0.39 is 23.1 Å². The summed E-state index contributed by atoms with van der Waals surface area (Å²) in [6, 6.07) is 2.86. The molecular weight excluding hydrogens is 302 g/mol. The van der Waals surface area contributed by atoms with Crippen LogP contribution in [0, 0.1) is 17.0 Å². The molecule has 1 amide bonds. The van der Waals surface area contributed by atoms with Crippen molar-refractivity contribution < 1.29 is 18.3 Å². The Bertz CT molecular complexity index is 552. The molecule has 1 aliphatic rings. The zero-order valence-electron chi connectivity index (χ0n) is 13.8. The highest BCUT2D eigenvalue weighted by atomic mass is 19.1. The van der Waals surface area contributed by atoms with Crippen molar-refractivity contribution in [2.45, 2.75) is 39.3 Å². The number of hydrogen-bond donors (Lipinski definition) is 2. The van der Waals surface area contributed by atoms with Gasteiger partial charge in [-0.2, -0.15) is 0 Å². The molecule has 0 spiro atoms. The summed E-state index contributed by atoms with van der Waals surface area (Å²) in [5, 5.41) is 6.10. The largest absolute Gasteiger partial charge is 0.378 e. The summed E-state index contributed by atoms with van der Waals surface area (Å²) >= 11 is 0. The van der Waals surface area contributed by atoms with Gasteiger partial charge in [-0.1, -0.05) is 26.8 Å². The van der Waals surface area contributed by atoms with Crippen molar-refractivity contribution >= 4 is 5.91 Å². The lowest BCUT2D eigenvalue weighted by Crippen LogP contribution is -2.46. The SMILES string of the molecule is CC(C)(C)C(NC(=O)CC1COCCN1)c1ccc(F)cc1F. The van der Waals surface area contributed by atoms with Gasteiger partial charge in [0, 0.05) is 30.6 Å². The Morgan fingerprint density at radius 3 is 2.74 bits per heavy atom. The van der Waals surface area contributed by atoms with Crippen LogP contribution in [0.15, 0.2) is 18.2 Å². The minimum absolute atomic E-state index is 0.0394. The molecule has 1 heterocycles. The van der Waals surface area contributed by atoms with Gasteiger partial charge in [0.2, 0.25) is 5.91 Å². The van der Waals surface area contributed by atoms with E-state index in [4.69, 9.17) is 4.74 Å². The highest BCUT2D eigenvalue weighted by Gasteiger charge is 2.31. The molecule has 2 unspecified atom stereocenters. The lowest BCUT2D eigenvalue weighted by molar-refractivity contribution is -0.123. The molecule has 0 bridgehead atoms. The number of nitrogens with one attached hydrogen (secondary N) is 2. The van der Waals surface area contributed by atoms with E-state index in [2.05, 4.69) is 10.6 Å². The van der Waals surface area contributed by atoms with E-state index in [1.54, 1.807) is 0 Å². The van der Waals surface area contributed by atoms with Crippen LogP contribution in [0.25, 0.3) is 0 Å². The lowest BCUT2D eigenvalue weighted by atomic mass is 9.82. The fourth-order valence-corrected chi connectivity index (χ4v) is 2.69. The van der Waals surface area contributed by atoms with Gasteiger partial charge in [-0.15, -0.1) is 0 Å². The highest BCUT2D eigenvalue weighted by Crippen LogP contribution is 2.34. The molecule has 6 heteroatoms. The van der Waals surface area contributed by atoms with Crippen LogP contribution in [-0.2, 0) is 9.53 Å². The van der Waals surface area contributed by atoms with Crippen molar-refractivity contribution in [2.75, 3.05) is 19.8 Å². The first-order valence-corrected chi connectivity index (χ1v) is 7.83. The van der Waals surface area contributed by atoms with Crippen LogP contribution >= 0.6 is 0 Å². The molecule has 0 radical (unpaired) electrons. The summed E-state index contributed by atoms with van der Waals surface area (Å²) in [6.45, 7) is 7.56. The molecule has 2 atom stereocenters. The van der Waals surface area contributed by atoms with Crippen molar-refractivity contribution in [1.82, 2.24) is 10.6 Å². The second-order valence-corrected chi connectivity index (χ2v) is 6.96. The van der Waals surface area contributed by atoms with E-state index in [0.717, 1.165) is 6.07 Å². The minimum Gasteiger partial charge on any atom is -0.378 e. The second-order valence-electron chi connectivity index (χ2n) is 6.96. The summed E-state index contributed by atoms with van der Waals surface area (Å²) in [6.07, 6.45) is 0.259. The maximum atomic E-state index is 14.1. The topological polar surface area (TPSA) is 50.4 Å². The molecule has 1 saturated heterocycles. The molecular formula is C17H24F2N2O2. The lowest BCUT2D eigenvalue weighted by Gasteiger charge is -2.33. The van der Waals surface area contributed by atoms with Crippen LogP contribution in [0.3, 0.4) is 0 Å². The quantitative estimate of drug-likeness (QED) is 0.894. The van der Waals surface area contributed by atoms with E-state index in [1.807, 2.05) is 20.8 Å². The number of hydrogen-bond acceptors (Lipinski definition) is 3. The van der Waals surface area contributed by atoms with Crippen LogP contribution in [0.4, 0.5) is 8.78 Å². The number of benzene rings is 1. The normalized spacial score (nSPS) is 20.1. The Balaban J connectivity index is 2.11. The first-order valence-electron chi connectivity index (χ1n) is 7.83. The summed E-state index contributed by atoms with van der Waals surface area (Å²) < 4.78 is 32.6. The van der Waals surface area contributed by atoms with Crippen molar-refractivity contribution in [3.05, 3.63) is 35.4 Å². The summed E-state index contributed by atoms with van der Waals surface area (Å²) in [5.74, 6) is -1.46. The number of morpholine rings is 1. The fraction of sp³-hybridized carbons (Fsp3) is 0.588. The maximum Gasteiger partial charge on any atom is 0.222 e. The van der Waals surface area contributed by atoms with Gasteiger partial charge in [0.1, 0.15) is 11.6 Å². The van der Waals surface area contributed by atoms with Crippen LogP contribution < -0.4 is 10.6 Å². The maximum absolute atomic E-state index is 14.1.